The van der Waals surface area contributed by atoms with E-state index in [2.05, 4.69) is 23.7 Å². The van der Waals surface area contributed by atoms with E-state index in [0.29, 0.717) is 31.5 Å². The van der Waals surface area contributed by atoms with Crippen LogP contribution in [0.5, 0.6) is 0 Å². The van der Waals surface area contributed by atoms with Gasteiger partial charge in [0.15, 0.2) is 0 Å². The Bertz CT molecular complexity index is 532. The Labute approximate surface area is 142 Å². The van der Waals surface area contributed by atoms with Gasteiger partial charge in [-0.05, 0) is 45.7 Å². The summed E-state index contributed by atoms with van der Waals surface area (Å²) < 4.78 is 5.32. The summed E-state index contributed by atoms with van der Waals surface area (Å²) in [7, 11) is 0. The fourth-order valence-corrected chi connectivity index (χ4v) is 4.44. The van der Waals surface area contributed by atoms with E-state index in [9.17, 15) is 4.79 Å². The minimum Gasteiger partial charge on any atom is -0.378 e. The van der Waals surface area contributed by atoms with Crippen molar-refractivity contribution in [1.29, 1.82) is 0 Å². The van der Waals surface area contributed by atoms with E-state index < -0.39 is 0 Å². The van der Waals surface area contributed by atoms with Crippen molar-refractivity contribution < 1.29 is 9.53 Å². The summed E-state index contributed by atoms with van der Waals surface area (Å²) in [6.07, 6.45) is 2.98. The molecule has 2 fully saturated rings. The molecule has 6 heteroatoms. The van der Waals surface area contributed by atoms with Crippen molar-refractivity contribution in [3.05, 3.63) is 15.6 Å². The molecule has 0 N–H and O–H groups in total. The minimum atomic E-state index is 0.320. The maximum Gasteiger partial charge on any atom is 0.223 e. The Morgan fingerprint density at radius 3 is 2.52 bits per heavy atom. The number of hydrogen-bond donors (Lipinski definition) is 0. The van der Waals surface area contributed by atoms with Gasteiger partial charge >= 0.3 is 0 Å². The number of piperidine rings is 1. The molecule has 1 aromatic heterocycles. The van der Waals surface area contributed by atoms with Crippen LogP contribution in [0.25, 0.3) is 0 Å². The highest BCUT2D eigenvalue weighted by molar-refractivity contribution is 7.11. The number of carbonyl (C=O) groups is 1. The smallest absolute Gasteiger partial charge is 0.223 e. The number of morpholine rings is 1. The summed E-state index contributed by atoms with van der Waals surface area (Å²) in [5.41, 5.74) is 1.18. The van der Waals surface area contributed by atoms with Crippen LogP contribution in [0.3, 0.4) is 0 Å². The third-order valence-electron chi connectivity index (χ3n) is 4.90. The number of carbonyl (C=O) groups excluding carboxylic acids is 1. The molecule has 1 aromatic rings. The van der Waals surface area contributed by atoms with E-state index >= 15 is 0 Å². The van der Waals surface area contributed by atoms with E-state index in [4.69, 9.17) is 4.74 Å². The van der Waals surface area contributed by atoms with Crippen molar-refractivity contribution in [1.82, 2.24) is 14.8 Å². The molecule has 0 aromatic carbocycles. The van der Waals surface area contributed by atoms with E-state index in [1.54, 1.807) is 0 Å². The molecular weight excluding hydrogens is 310 g/mol. The largest absolute Gasteiger partial charge is 0.378 e. The number of ether oxygens (including phenoxy) is 1. The second kappa shape index (κ2) is 7.73. The van der Waals surface area contributed by atoms with Crippen LogP contribution in [0.1, 0.15) is 34.8 Å². The summed E-state index contributed by atoms with van der Waals surface area (Å²) in [6.45, 7) is 10.3. The van der Waals surface area contributed by atoms with E-state index in [-0.39, 0.29) is 0 Å². The van der Waals surface area contributed by atoms with Gasteiger partial charge in [-0.2, -0.15) is 0 Å². The highest BCUT2D eigenvalue weighted by atomic mass is 32.1. The number of rotatable bonds is 4. The first-order valence-corrected chi connectivity index (χ1v) is 9.44. The van der Waals surface area contributed by atoms with Crippen molar-refractivity contribution in [3.63, 3.8) is 0 Å². The highest BCUT2D eigenvalue weighted by Gasteiger charge is 2.25. The third-order valence-corrected chi connectivity index (χ3v) is 5.96. The second-order valence-electron chi connectivity index (χ2n) is 6.66. The Morgan fingerprint density at radius 2 is 1.91 bits per heavy atom. The highest BCUT2D eigenvalue weighted by Crippen LogP contribution is 2.25. The predicted molar refractivity (Wildman–Crippen MR) is 91.6 cm³/mol. The summed E-state index contributed by atoms with van der Waals surface area (Å²) in [5, 5.41) is 1.16. The number of nitrogens with zero attached hydrogens (tertiary/aromatic N) is 3. The van der Waals surface area contributed by atoms with Crippen LogP contribution in [0.15, 0.2) is 0 Å². The molecule has 0 unspecified atom stereocenters. The van der Waals surface area contributed by atoms with Crippen molar-refractivity contribution in [3.8, 4) is 0 Å². The zero-order chi connectivity index (χ0) is 16.2. The van der Waals surface area contributed by atoms with Gasteiger partial charge in [0.1, 0.15) is 0 Å². The van der Waals surface area contributed by atoms with Gasteiger partial charge in [-0.25, -0.2) is 4.98 Å². The Kier molecular flexibility index (Phi) is 5.67. The van der Waals surface area contributed by atoms with Crippen LogP contribution in [0.2, 0.25) is 0 Å². The zero-order valence-electron chi connectivity index (χ0n) is 14.2. The maximum atomic E-state index is 12.3. The molecular formula is C17H27N3O2S. The van der Waals surface area contributed by atoms with Crippen LogP contribution in [0.4, 0.5) is 0 Å². The lowest BCUT2D eigenvalue weighted by atomic mass is 9.93. The molecule has 3 heterocycles. The molecule has 0 saturated carbocycles. The molecule has 128 valence electrons. The molecule has 2 aliphatic heterocycles. The molecule has 2 saturated heterocycles. The molecule has 23 heavy (non-hydrogen) atoms. The first-order chi connectivity index (χ1) is 11.1. The zero-order valence-corrected chi connectivity index (χ0v) is 15.0. The SMILES string of the molecule is Cc1nc(C)c(CN2CCC(CC(=O)N3CCOCC3)CC2)s1. The van der Waals surface area contributed by atoms with Crippen molar-refractivity contribution >= 4 is 17.2 Å². The second-order valence-corrected chi connectivity index (χ2v) is 7.95. The summed E-state index contributed by atoms with van der Waals surface area (Å²) in [4.78, 5) is 22.7. The number of aromatic nitrogens is 1. The number of hydrogen-bond acceptors (Lipinski definition) is 5. The van der Waals surface area contributed by atoms with E-state index in [1.807, 2.05) is 16.2 Å². The van der Waals surface area contributed by atoms with Gasteiger partial charge in [0.25, 0.3) is 0 Å². The van der Waals surface area contributed by atoms with Gasteiger partial charge in [0.05, 0.1) is 23.9 Å². The first-order valence-electron chi connectivity index (χ1n) is 8.62. The van der Waals surface area contributed by atoms with Crippen LogP contribution in [-0.2, 0) is 16.1 Å². The lowest BCUT2D eigenvalue weighted by Gasteiger charge is -2.33. The Hall–Kier alpha value is -0.980. The Balaban J connectivity index is 1.43. The monoisotopic (exact) mass is 337 g/mol. The lowest BCUT2D eigenvalue weighted by Crippen LogP contribution is -2.42. The molecule has 0 aliphatic carbocycles. The van der Waals surface area contributed by atoms with Crippen molar-refractivity contribution in [2.75, 3.05) is 39.4 Å². The number of aryl methyl sites for hydroxylation is 2. The summed E-state index contributed by atoms with van der Waals surface area (Å²) >= 11 is 1.81. The quantitative estimate of drug-likeness (QED) is 0.845. The van der Waals surface area contributed by atoms with Gasteiger partial charge in [-0.15, -0.1) is 11.3 Å². The van der Waals surface area contributed by atoms with Gasteiger partial charge in [-0.1, -0.05) is 0 Å². The van der Waals surface area contributed by atoms with Crippen molar-refractivity contribution in [2.45, 2.75) is 39.7 Å². The average molecular weight is 337 g/mol. The molecule has 0 atom stereocenters. The topological polar surface area (TPSA) is 45.7 Å². The van der Waals surface area contributed by atoms with Crippen molar-refractivity contribution in [2.24, 2.45) is 5.92 Å². The molecule has 0 bridgehead atoms. The number of likely N-dealkylation sites (tertiary alicyclic amines) is 1. The van der Waals surface area contributed by atoms with Crippen LogP contribution >= 0.6 is 11.3 Å². The molecule has 2 aliphatic rings. The number of thiazole rings is 1. The molecule has 1 amide bonds. The van der Waals surface area contributed by atoms with Gasteiger partial charge < -0.3 is 9.64 Å². The van der Waals surface area contributed by atoms with Gasteiger partial charge in [0, 0.05) is 30.9 Å². The van der Waals surface area contributed by atoms with E-state index in [1.165, 1.54) is 10.6 Å². The third kappa shape index (κ3) is 4.52. The van der Waals surface area contributed by atoms with Crippen LogP contribution in [-0.4, -0.2) is 60.1 Å². The number of amides is 1. The fourth-order valence-electron chi connectivity index (χ4n) is 3.46. The van der Waals surface area contributed by atoms with Crippen LogP contribution in [0, 0.1) is 19.8 Å². The minimum absolute atomic E-state index is 0.320. The summed E-state index contributed by atoms with van der Waals surface area (Å²) in [6, 6.07) is 0. The summed E-state index contributed by atoms with van der Waals surface area (Å²) in [5.74, 6) is 0.867. The van der Waals surface area contributed by atoms with Gasteiger partial charge in [-0.3, -0.25) is 9.69 Å². The van der Waals surface area contributed by atoms with E-state index in [0.717, 1.165) is 50.6 Å². The predicted octanol–water partition coefficient (Wildman–Crippen LogP) is 2.22. The molecule has 5 nitrogen and oxygen atoms in total. The standard InChI is InChI=1S/C17H27N3O2S/c1-13-16(23-14(2)18-13)12-19-5-3-15(4-6-19)11-17(21)20-7-9-22-10-8-20/h15H,3-12H2,1-2H3. The normalized spacial score (nSPS) is 20.9. The molecule has 0 radical (unpaired) electrons. The van der Waals surface area contributed by atoms with Gasteiger partial charge in [0.2, 0.25) is 5.91 Å². The molecule has 3 rings (SSSR count). The van der Waals surface area contributed by atoms with Crippen LogP contribution < -0.4 is 0 Å². The average Bonchev–Trinajstić information content (AvgIpc) is 2.87. The maximum absolute atomic E-state index is 12.3. The Morgan fingerprint density at radius 1 is 1.22 bits per heavy atom. The molecule has 0 spiro atoms. The first kappa shape index (κ1) is 16.9. The lowest BCUT2D eigenvalue weighted by molar-refractivity contribution is -0.136. The fraction of sp³-hybridized carbons (Fsp3) is 0.765.